The van der Waals surface area contributed by atoms with Gasteiger partial charge in [0.15, 0.2) is 0 Å². The zero-order valence-corrected chi connectivity index (χ0v) is 25.6. The number of hydrogen-bond donors (Lipinski definition) is 0. The highest BCUT2D eigenvalue weighted by atomic mass is 16.5. The van der Waals surface area contributed by atoms with Crippen LogP contribution in [0.1, 0.15) is 106 Å². The van der Waals surface area contributed by atoms with E-state index in [1.807, 2.05) is 13.8 Å². The van der Waals surface area contributed by atoms with Gasteiger partial charge in [0.25, 0.3) is 0 Å². The molecule has 0 unspecified atom stereocenters. The second kappa shape index (κ2) is 15.6. The molecule has 2 saturated heterocycles. The van der Waals surface area contributed by atoms with Crippen molar-refractivity contribution in [2.45, 2.75) is 106 Å². The molecule has 0 spiro atoms. The summed E-state index contributed by atoms with van der Waals surface area (Å²) in [5.74, 6) is -0.152. The zero-order chi connectivity index (χ0) is 29.1. The monoisotopic (exact) mass is 550 g/mol. The quantitative estimate of drug-likeness (QED) is 0.147. The Morgan fingerprint density at radius 3 is 1.23 bits per heavy atom. The van der Waals surface area contributed by atoms with E-state index in [1.54, 1.807) is 9.80 Å². The van der Waals surface area contributed by atoms with Gasteiger partial charge in [0.2, 0.25) is 11.8 Å². The molecule has 2 aliphatic heterocycles. The van der Waals surface area contributed by atoms with E-state index in [0.717, 1.165) is 64.2 Å². The molecule has 0 aromatic heterocycles. The first kappa shape index (κ1) is 33.0. The second-order valence-electron chi connectivity index (χ2n) is 11.5. The molecular formula is C30H54N4O5. The van der Waals surface area contributed by atoms with Crippen molar-refractivity contribution in [2.24, 2.45) is 10.8 Å². The van der Waals surface area contributed by atoms with Crippen molar-refractivity contribution in [3.05, 3.63) is 0 Å². The van der Waals surface area contributed by atoms with E-state index in [0.29, 0.717) is 39.4 Å². The summed E-state index contributed by atoms with van der Waals surface area (Å²) in [5, 5.41) is 0. The highest BCUT2D eigenvalue weighted by Gasteiger charge is 2.41. The van der Waals surface area contributed by atoms with Crippen LogP contribution < -0.4 is 0 Å². The van der Waals surface area contributed by atoms with Gasteiger partial charge in [0.1, 0.15) is 13.1 Å². The standard InChI is InChI=1S/C30H54N4O5/c1-7-29(8-2,23-33-25(35)21-31(11-5)27(33)37)17-13-15-19-39-20-16-14-18-30(9-3,10-4)24-34-26(36)22-32(12-6)28(34)38/h7-24H2,1-6H3. The van der Waals surface area contributed by atoms with Crippen molar-refractivity contribution in [2.75, 3.05) is 52.5 Å². The summed E-state index contributed by atoms with van der Waals surface area (Å²) >= 11 is 0. The van der Waals surface area contributed by atoms with E-state index >= 15 is 0 Å². The minimum absolute atomic E-state index is 0.0367. The number of carbonyl (C=O) groups excluding carboxylic acids is 4. The average Bonchev–Trinajstić information content (AvgIpc) is 3.38. The van der Waals surface area contributed by atoms with Gasteiger partial charge < -0.3 is 14.5 Å². The third-order valence-electron chi connectivity index (χ3n) is 9.50. The Labute approximate surface area is 236 Å². The van der Waals surface area contributed by atoms with Crippen molar-refractivity contribution >= 4 is 23.9 Å². The van der Waals surface area contributed by atoms with Crippen LogP contribution in [0.25, 0.3) is 0 Å². The van der Waals surface area contributed by atoms with Gasteiger partial charge in [-0.25, -0.2) is 9.59 Å². The van der Waals surface area contributed by atoms with Crippen LogP contribution in [-0.4, -0.2) is 96.0 Å². The van der Waals surface area contributed by atoms with Crippen LogP contribution in [0, 0.1) is 10.8 Å². The van der Waals surface area contributed by atoms with Crippen molar-refractivity contribution in [3.63, 3.8) is 0 Å². The van der Waals surface area contributed by atoms with Gasteiger partial charge in [-0.05, 0) is 76.0 Å². The summed E-state index contributed by atoms with van der Waals surface area (Å²) in [5.41, 5.74) is -0.0735. The lowest BCUT2D eigenvalue weighted by Gasteiger charge is -2.35. The maximum absolute atomic E-state index is 12.6. The SMILES string of the molecule is CCN1CC(=O)N(CC(CC)(CC)CCCCOCCCCC(CC)(CC)CN2C(=O)CN(CC)C2=O)C1=O. The van der Waals surface area contributed by atoms with Crippen LogP contribution in [0.5, 0.6) is 0 Å². The van der Waals surface area contributed by atoms with E-state index in [2.05, 4.69) is 27.7 Å². The smallest absolute Gasteiger partial charge is 0.327 e. The second-order valence-corrected chi connectivity index (χ2v) is 11.5. The lowest BCUT2D eigenvalue weighted by atomic mass is 9.77. The number of nitrogens with zero attached hydrogens (tertiary/aromatic N) is 4. The molecule has 2 rings (SSSR count). The molecule has 39 heavy (non-hydrogen) atoms. The first-order valence-corrected chi connectivity index (χ1v) is 15.4. The number of amides is 6. The molecule has 0 radical (unpaired) electrons. The van der Waals surface area contributed by atoms with Gasteiger partial charge in [0.05, 0.1) is 0 Å². The van der Waals surface area contributed by atoms with Crippen molar-refractivity contribution in [1.82, 2.24) is 19.6 Å². The highest BCUT2D eigenvalue weighted by Crippen LogP contribution is 2.36. The lowest BCUT2D eigenvalue weighted by molar-refractivity contribution is -0.127. The molecule has 0 aromatic carbocycles. The van der Waals surface area contributed by atoms with Crippen LogP contribution in [0.15, 0.2) is 0 Å². The fraction of sp³-hybridized carbons (Fsp3) is 0.867. The molecule has 224 valence electrons. The maximum atomic E-state index is 12.6. The van der Waals surface area contributed by atoms with E-state index < -0.39 is 0 Å². The number of imide groups is 2. The predicted octanol–water partition coefficient (Wildman–Crippen LogP) is 5.52. The number of carbonyl (C=O) groups is 4. The summed E-state index contributed by atoms with van der Waals surface area (Å²) in [4.78, 5) is 56.1. The average molecular weight is 551 g/mol. The number of urea groups is 2. The van der Waals surface area contributed by atoms with Gasteiger partial charge in [0, 0.05) is 39.4 Å². The van der Waals surface area contributed by atoms with E-state index in [-0.39, 0.29) is 47.8 Å². The van der Waals surface area contributed by atoms with E-state index in [1.165, 1.54) is 9.80 Å². The fourth-order valence-electron chi connectivity index (χ4n) is 5.99. The Hall–Kier alpha value is -2.16. The first-order valence-electron chi connectivity index (χ1n) is 15.4. The number of rotatable bonds is 20. The maximum Gasteiger partial charge on any atom is 0.327 e. The number of ether oxygens (including phenoxy) is 1. The fourth-order valence-corrected chi connectivity index (χ4v) is 5.99. The van der Waals surface area contributed by atoms with Crippen molar-refractivity contribution in [3.8, 4) is 0 Å². The Kier molecular flexibility index (Phi) is 13.2. The van der Waals surface area contributed by atoms with Gasteiger partial charge in [-0.3, -0.25) is 19.4 Å². The van der Waals surface area contributed by atoms with Crippen LogP contribution in [0.3, 0.4) is 0 Å². The summed E-state index contributed by atoms with van der Waals surface area (Å²) in [6, 6.07) is -0.289. The molecule has 0 saturated carbocycles. The van der Waals surface area contributed by atoms with Crippen LogP contribution in [0.4, 0.5) is 9.59 Å². The number of hydrogen-bond acceptors (Lipinski definition) is 5. The Morgan fingerprint density at radius 2 is 0.949 bits per heavy atom. The molecule has 2 heterocycles. The van der Waals surface area contributed by atoms with E-state index in [4.69, 9.17) is 4.74 Å². The Morgan fingerprint density at radius 1 is 0.590 bits per heavy atom. The minimum Gasteiger partial charge on any atom is -0.381 e. The molecule has 2 fully saturated rings. The van der Waals surface area contributed by atoms with Gasteiger partial charge in [-0.2, -0.15) is 0 Å². The zero-order valence-electron chi connectivity index (χ0n) is 25.6. The highest BCUT2D eigenvalue weighted by molar-refractivity contribution is 6.02. The van der Waals surface area contributed by atoms with Gasteiger partial charge in [-0.15, -0.1) is 0 Å². The van der Waals surface area contributed by atoms with Crippen LogP contribution in [0.2, 0.25) is 0 Å². The Balaban J connectivity index is 1.70. The third kappa shape index (κ3) is 8.41. The molecule has 2 aliphatic rings. The largest absolute Gasteiger partial charge is 0.381 e. The molecule has 9 heteroatoms. The molecule has 0 bridgehead atoms. The van der Waals surface area contributed by atoms with Crippen LogP contribution in [-0.2, 0) is 14.3 Å². The molecule has 0 aromatic rings. The minimum atomic E-state index is -0.145. The summed E-state index contributed by atoms with van der Waals surface area (Å²) in [6.45, 7) is 16.4. The Bertz CT molecular complexity index is 758. The molecular weight excluding hydrogens is 496 g/mol. The third-order valence-corrected chi connectivity index (χ3v) is 9.50. The lowest BCUT2D eigenvalue weighted by Crippen LogP contribution is -2.42. The summed E-state index contributed by atoms with van der Waals surface area (Å²) in [6.07, 6.45) is 9.66. The molecule has 0 aliphatic carbocycles. The molecule has 0 N–H and O–H groups in total. The van der Waals surface area contributed by atoms with Crippen molar-refractivity contribution < 1.29 is 23.9 Å². The predicted molar refractivity (Wildman–Crippen MR) is 153 cm³/mol. The normalized spacial score (nSPS) is 17.0. The molecule has 6 amide bonds. The summed E-state index contributed by atoms with van der Waals surface area (Å²) in [7, 11) is 0. The number of unbranched alkanes of at least 4 members (excludes halogenated alkanes) is 2. The number of likely N-dealkylation sites (N-methyl/N-ethyl adjacent to an activating group) is 2. The molecule has 0 atom stereocenters. The molecule has 9 nitrogen and oxygen atoms in total. The topological polar surface area (TPSA) is 90.5 Å². The van der Waals surface area contributed by atoms with Gasteiger partial charge >= 0.3 is 12.1 Å². The van der Waals surface area contributed by atoms with E-state index in [9.17, 15) is 19.2 Å². The van der Waals surface area contributed by atoms with Crippen LogP contribution >= 0.6 is 0 Å². The first-order chi connectivity index (χ1) is 18.6. The van der Waals surface area contributed by atoms with Gasteiger partial charge in [-0.1, -0.05) is 40.5 Å². The van der Waals surface area contributed by atoms with Crippen molar-refractivity contribution in [1.29, 1.82) is 0 Å². The summed E-state index contributed by atoms with van der Waals surface area (Å²) < 4.78 is 5.94.